The standard InChI is InChI=1S/C61H111NO8/c1-6-8-10-12-14-16-18-20-22-24-26-28-29-30-31-32-34-36-38-40-42-44-46-48-50-52-59(64)70-57(56-69-61(60(65)66)67-54-53-62(3,4)5)55-68-58(63)51-49-47-45-43-41-39-37-35-33-27-25-23-21-19-17-15-13-11-9-7-2/h8,10,14,16,20,22,26,28,57,61H,6-7,9,11-13,15,17-19,21,23-25,27,29-56H2,1-5H3/b10-8-,16-14-,22-20-,28-26-. The third kappa shape index (κ3) is 53.1. The zero-order valence-corrected chi connectivity index (χ0v) is 46.4. The molecule has 0 rings (SSSR count). The van der Waals surface area contributed by atoms with Crippen LogP contribution < -0.4 is 5.11 Å². The molecule has 9 nitrogen and oxygen atoms in total. The highest BCUT2D eigenvalue weighted by molar-refractivity contribution is 5.70. The Morgan fingerprint density at radius 2 is 0.814 bits per heavy atom. The smallest absolute Gasteiger partial charge is 0.306 e. The summed E-state index contributed by atoms with van der Waals surface area (Å²) < 4.78 is 22.7. The molecular formula is C61H111NO8. The molecule has 0 aliphatic carbocycles. The highest BCUT2D eigenvalue weighted by atomic mass is 16.7. The van der Waals surface area contributed by atoms with Crippen molar-refractivity contribution in [2.75, 3.05) is 47.5 Å². The van der Waals surface area contributed by atoms with Crippen LogP contribution in [0.5, 0.6) is 0 Å². The van der Waals surface area contributed by atoms with E-state index >= 15 is 0 Å². The molecule has 0 N–H and O–H groups in total. The van der Waals surface area contributed by atoms with Crippen molar-refractivity contribution in [3.63, 3.8) is 0 Å². The molecule has 0 spiro atoms. The lowest BCUT2D eigenvalue weighted by Crippen LogP contribution is -2.44. The Hall–Kier alpha value is -2.75. The van der Waals surface area contributed by atoms with Crippen molar-refractivity contribution in [3.8, 4) is 0 Å². The first-order chi connectivity index (χ1) is 34.1. The SMILES string of the molecule is CC/C=C\C/C=C\C/C=C\C/C=C\CCCCCCCCCCCCCCC(=O)OC(COC(=O)CCCCCCCCCCCCCCCCCCCCCC)COC(OCC[N+](C)(C)C)C(=O)[O-]. The minimum atomic E-state index is -1.62. The number of hydrogen-bond acceptors (Lipinski definition) is 8. The highest BCUT2D eigenvalue weighted by Crippen LogP contribution is 2.17. The molecule has 0 aliphatic heterocycles. The van der Waals surface area contributed by atoms with Gasteiger partial charge in [-0.2, -0.15) is 0 Å². The van der Waals surface area contributed by atoms with Crippen LogP contribution in [0.25, 0.3) is 0 Å². The average molecular weight is 987 g/mol. The second kappa shape index (κ2) is 52.6. The van der Waals surface area contributed by atoms with Gasteiger partial charge in [0.05, 0.1) is 40.3 Å². The quantitative estimate of drug-likeness (QED) is 0.0195. The van der Waals surface area contributed by atoms with Gasteiger partial charge in [0.1, 0.15) is 13.2 Å². The van der Waals surface area contributed by atoms with Crippen molar-refractivity contribution in [2.45, 2.75) is 277 Å². The van der Waals surface area contributed by atoms with E-state index in [0.717, 1.165) is 64.2 Å². The number of carboxylic acids is 1. The maximum Gasteiger partial charge on any atom is 0.306 e. The normalized spacial score (nSPS) is 13.1. The first-order valence-electron chi connectivity index (χ1n) is 29.3. The average Bonchev–Trinajstić information content (AvgIpc) is 3.33. The molecule has 0 saturated carbocycles. The van der Waals surface area contributed by atoms with E-state index in [1.54, 1.807) is 0 Å². The van der Waals surface area contributed by atoms with Gasteiger partial charge < -0.3 is 33.3 Å². The van der Waals surface area contributed by atoms with Crippen LogP contribution in [0.3, 0.4) is 0 Å². The summed E-state index contributed by atoms with van der Waals surface area (Å²) in [6.07, 6.45) is 61.5. The van der Waals surface area contributed by atoms with Crippen LogP contribution in [-0.4, -0.2) is 82.3 Å². The molecule has 0 aromatic heterocycles. The number of nitrogens with zero attached hydrogens (tertiary/aromatic N) is 1. The predicted octanol–water partition coefficient (Wildman–Crippen LogP) is 15.7. The lowest BCUT2D eigenvalue weighted by Gasteiger charge is -2.26. The summed E-state index contributed by atoms with van der Waals surface area (Å²) >= 11 is 0. The van der Waals surface area contributed by atoms with E-state index in [0.29, 0.717) is 23.9 Å². The Morgan fingerprint density at radius 3 is 1.21 bits per heavy atom. The van der Waals surface area contributed by atoms with Crippen molar-refractivity contribution in [1.82, 2.24) is 0 Å². The number of ether oxygens (including phenoxy) is 4. The summed E-state index contributed by atoms with van der Waals surface area (Å²) in [5, 5.41) is 11.8. The van der Waals surface area contributed by atoms with Crippen molar-refractivity contribution in [3.05, 3.63) is 48.6 Å². The Kier molecular flexibility index (Phi) is 50.5. The summed E-state index contributed by atoms with van der Waals surface area (Å²) in [5.41, 5.74) is 0. The van der Waals surface area contributed by atoms with Crippen molar-refractivity contribution >= 4 is 17.9 Å². The molecule has 0 radical (unpaired) electrons. The van der Waals surface area contributed by atoms with E-state index in [9.17, 15) is 19.5 Å². The predicted molar refractivity (Wildman–Crippen MR) is 292 cm³/mol. The Balaban J connectivity index is 4.22. The number of unbranched alkanes of at least 4 members (excludes halogenated alkanes) is 31. The number of likely N-dealkylation sites (N-methyl/N-ethyl adjacent to an activating group) is 1. The lowest BCUT2D eigenvalue weighted by atomic mass is 10.0. The van der Waals surface area contributed by atoms with Gasteiger partial charge in [0.2, 0.25) is 0 Å². The third-order valence-corrected chi connectivity index (χ3v) is 12.8. The lowest BCUT2D eigenvalue weighted by molar-refractivity contribution is -0.870. The maximum atomic E-state index is 12.9. The second-order valence-electron chi connectivity index (χ2n) is 20.9. The summed E-state index contributed by atoms with van der Waals surface area (Å²) in [7, 11) is 5.93. The van der Waals surface area contributed by atoms with Crippen LogP contribution in [0.4, 0.5) is 0 Å². The Morgan fingerprint density at radius 1 is 0.443 bits per heavy atom. The van der Waals surface area contributed by atoms with Gasteiger partial charge in [-0.05, 0) is 51.4 Å². The summed E-state index contributed by atoms with van der Waals surface area (Å²) in [5.74, 6) is -2.27. The summed E-state index contributed by atoms with van der Waals surface area (Å²) in [4.78, 5) is 37.3. The number of hydrogen-bond donors (Lipinski definition) is 0. The van der Waals surface area contributed by atoms with Crippen LogP contribution in [0.15, 0.2) is 48.6 Å². The van der Waals surface area contributed by atoms with Crippen molar-refractivity contribution < 1.29 is 42.9 Å². The molecule has 0 heterocycles. The molecule has 0 bridgehead atoms. The molecule has 0 aliphatic rings. The topological polar surface area (TPSA) is 111 Å². The van der Waals surface area contributed by atoms with E-state index < -0.39 is 24.3 Å². The van der Waals surface area contributed by atoms with E-state index in [-0.39, 0.29) is 32.2 Å². The number of carboxylic acid groups (broad SMARTS) is 1. The molecule has 0 aromatic carbocycles. The van der Waals surface area contributed by atoms with Gasteiger partial charge in [0.15, 0.2) is 12.4 Å². The molecule has 70 heavy (non-hydrogen) atoms. The van der Waals surface area contributed by atoms with Crippen LogP contribution >= 0.6 is 0 Å². The maximum absolute atomic E-state index is 12.9. The molecule has 0 saturated heterocycles. The monoisotopic (exact) mass is 986 g/mol. The van der Waals surface area contributed by atoms with Gasteiger partial charge in [0, 0.05) is 12.8 Å². The minimum absolute atomic E-state index is 0.148. The van der Waals surface area contributed by atoms with E-state index in [1.165, 1.54) is 167 Å². The fraction of sp³-hybridized carbons (Fsp3) is 0.820. The molecule has 0 fully saturated rings. The molecular weight excluding hydrogens is 875 g/mol. The van der Waals surface area contributed by atoms with Gasteiger partial charge in [-0.25, -0.2) is 0 Å². The van der Waals surface area contributed by atoms with Crippen LogP contribution in [0, 0.1) is 0 Å². The first kappa shape index (κ1) is 67.2. The van der Waals surface area contributed by atoms with E-state index in [1.807, 2.05) is 21.1 Å². The van der Waals surface area contributed by atoms with Gasteiger partial charge in [-0.15, -0.1) is 0 Å². The molecule has 408 valence electrons. The third-order valence-electron chi connectivity index (χ3n) is 12.8. The number of allylic oxidation sites excluding steroid dienone is 8. The number of rotatable bonds is 54. The summed E-state index contributed by atoms with van der Waals surface area (Å²) in [6.45, 7) is 4.67. The number of esters is 2. The van der Waals surface area contributed by atoms with Crippen LogP contribution in [0.2, 0.25) is 0 Å². The van der Waals surface area contributed by atoms with Gasteiger partial charge in [-0.1, -0.05) is 249 Å². The molecule has 0 aromatic rings. The largest absolute Gasteiger partial charge is 0.545 e. The number of aliphatic carboxylic acids is 1. The van der Waals surface area contributed by atoms with E-state index in [2.05, 4.69) is 62.5 Å². The van der Waals surface area contributed by atoms with Gasteiger partial charge >= 0.3 is 11.9 Å². The Bertz CT molecular complexity index is 1290. The minimum Gasteiger partial charge on any atom is -0.545 e. The fourth-order valence-corrected chi connectivity index (χ4v) is 8.35. The number of carbonyl (C=O) groups is 3. The Labute approximate surface area is 432 Å². The molecule has 9 heteroatoms. The second-order valence-corrected chi connectivity index (χ2v) is 20.9. The van der Waals surface area contributed by atoms with E-state index in [4.69, 9.17) is 18.9 Å². The number of carbonyl (C=O) groups excluding carboxylic acids is 3. The molecule has 2 atom stereocenters. The highest BCUT2D eigenvalue weighted by Gasteiger charge is 2.22. The zero-order chi connectivity index (χ0) is 51.3. The first-order valence-corrected chi connectivity index (χ1v) is 29.3. The number of quaternary nitrogens is 1. The zero-order valence-electron chi connectivity index (χ0n) is 46.4. The van der Waals surface area contributed by atoms with Crippen molar-refractivity contribution in [2.24, 2.45) is 0 Å². The van der Waals surface area contributed by atoms with Gasteiger partial charge in [0.25, 0.3) is 0 Å². The summed E-state index contributed by atoms with van der Waals surface area (Å²) in [6, 6.07) is 0. The van der Waals surface area contributed by atoms with Crippen LogP contribution in [0.1, 0.15) is 264 Å². The van der Waals surface area contributed by atoms with Crippen LogP contribution in [-0.2, 0) is 33.3 Å². The molecule has 0 amide bonds. The van der Waals surface area contributed by atoms with Gasteiger partial charge in [-0.3, -0.25) is 9.59 Å². The fourth-order valence-electron chi connectivity index (χ4n) is 8.35. The molecule has 2 unspecified atom stereocenters. The van der Waals surface area contributed by atoms with Crippen molar-refractivity contribution in [1.29, 1.82) is 0 Å².